The lowest BCUT2D eigenvalue weighted by Crippen LogP contribution is -2.40. The summed E-state index contributed by atoms with van der Waals surface area (Å²) < 4.78 is 0. The zero-order valence-corrected chi connectivity index (χ0v) is 11.3. The van der Waals surface area contributed by atoms with Crippen molar-refractivity contribution in [1.29, 1.82) is 0 Å². The summed E-state index contributed by atoms with van der Waals surface area (Å²) in [5.74, 6) is 0.114. The van der Waals surface area contributed by atoms with E-state index >= 15 is 0 Å². The number of hydrogen-bond donors (Lipinski definition) is 0. The number of piperidine rings is 1. The molecule has 0 atom stereocenters. The summed E-state index contributed by atoms with van der Waals surface area (Å²) in [6.45, 7) is 0.891. The third-order valence-corrected chi connectivity index (χ3v) is 3.05. The van der Waals surface area contributed by atoms with Crippen LogP contribution < -0.4 is 0 Å². The van der Waals surface area contributed by atoms with E-state index in [2.05, 4.69) is 0 Å². The molecule has 1 amide bonds. The molecular formula is C15H18N2O2. The predicted octanol–water partition coefficient (Wildman–Crippen LogP) is 1.55. The molecule has 1 aromatic rings. The van der Waals surface area contributed by atoms with Gasteiger partial charge in [0.05, 0.1) is 6.54 Å². The number of nitrogens with zero attached hydrogens (tertiary/aromatic N) is 2. The molecule has 19 heavy (non-hydrogen) atoms. The van der Waals surface area contributed by atoms with E-state index in [4.69, 9.17) is 0 Å². The molecule has 0 bridgehead atoms. The maximum atomic E-state index is 12.3. The highest BCUT2D eigenvalue weighted by molar-refractivity contribution is 6.00. The van der Waals surface area contributed by atoms with Gasteiger partial charge in [-0.1, -0.05) is 18.2 Å². The third kappa shape index (κ3) is 3.22. The highest BCUT2D eigenvalue weighted by Gasteiger charge is 2.25. The summed E-state index contributed by atoms with van der Waals surface area (Å²) in [5, 5.41) is 0. The zero-order chi connectivity index (χ0) is 13.8. The maximum absolute atomic E-state index is 12.3. The van der Waals surface area contributed by atoms with Crippen molar-refractivity contribution < 1.29 is 9.59 Å². The van der Waals surface area contributed by atoms with Crippen LogP contribution in [0.4, 0.5) is 0 Å². The zero-order valence-electron chi connectivity index (χ0n) is 11.3. The molecule has 1 aromatic carbocycles. The number of benzene rings is 1. The Labute approximate surface area is 113 Å². The summed E-state index contributed by atoms with van der Waals surface area (Å²) in [5.41, 5.74) is 1.36. The number of Topliss-reactive ketones (excluding diaryl/α,β-unsaturated/α-hetero) is 1. The van der Waals surface area contributed by atoms with E-state index in [1.54, 1.807) is 23.2 Å². The van der Waals surface area contributed by atoms with Crippen molar-refractivity contribution in [2.75, 3.05) is 27.2 Å². The van der Waals surface area contributed by atoms with E-state index in [0.717, 1.165) is 0 Å². The average Bonchev–Trinajstić information content (AvgIpc) is 2.41. The normalized spacial score (nSPS) is 17.7. The Morgan fingerprint density at radius 1 is 1.26 bits per heavy atom. The maximum Gasteiger partial charge on any atom is 0.254 e. The van der Waals surface area contributed by atoms with Gasteiger partial charge in [-0.3, -0.25) is 9.59 Å². The summed E-state index contributed by atoms with van der Waals surface area (Å²) in [6.07, 6.45) is 2.20. The number of likely N-dealkylation sites (tertiary alicyclic amines) is 1. The number of hydrogen-bond acceptors (Lipinski definition) is 3. The monoisotopic (exact) mass is 258 g/mol. The minimum Gasteiger partial charge on any atom is -0.383 e. The Morgan fingerprint density at radius 3 is 2.58 bits per heavy atom. The van der Waals surface area contributed by atoms with Crippen molar-refractivity contribution >= 4 is 11.7 Å². The molecule has 0 unspecified atom stereocenters. The summed E-state index contributed by atoms with van der Waals surface area (Å²) >= 11 is 0. The van der Waals surface area contributed by atoms with E-state index in [1.165, 1.54) is 0 Å². The fourth-order valence-corrected chi connectivity index (χ4v) is 2.13. The fraction of sp³-hybridized carbons (Fsp3) is 0.333. The van der Waals surface area contributed by atoms with Crippen molar-refractivity contribution in [3.8, 4) is 0 Å². The van der Waals surface area contributed by atoms with Crippen LogP contribution >= 0.6 is 0 Å². The number of amides is 1. The van der Waals surface area contributed by atoms with Gasteiger partial charge in [-0.05, 0) is 12.1 Å². The van der Waals surface area contributed by atoms with Crippen LogP contribution in [-0.4, -0.2) is 48.7 Å². The van der Waals surface area contributed by atoms with Crippen LogP contribution in [-0.2, 0) is 4.79 Å². The minimum absolute atomic E-state index is 0.0160. The second-order valence-corrected chi connectivity index (χ2v) is 4.88. The molecular weight excluding hydrogens is 240 g/mol. The first-order chi connectivity index (χ1) is 9.08. The van der Waals surface area contributed by atoms with Crippen LogP contribution in [0.1, 0.15) is 16.8 Å². The second kappa shape index (κ2) is 5.69. The van der Waals surface area contributed by atoms with Crippen molar-refractivity contribution in [1.82, 2.24) is 9.80 Å². The van der Waals surface area contributed by atoms with Crippen LogP contribution in [0.3, 0.4) is 0 Å². The molecule has 1 aliphatic rings. The molecule has 0 radical (unpaired) electrons. The van der Waals surface area contributed by atoms with E-state index < -0.39 is 0 Å². The highest BCUT2D eigenvalue weighted by atomic mass is 16.2. The van der Waals surface area contributed by atoms with Gasteiger partial charge in [-0.2, -0.15) is 0 Å². The highest BCUT2D eigenvalue weighted by Crippen LogP contribution is 2.15. The topological polar surface area (TPSA) is 40.6 Å². The number of carbonyl (C=O) groups excluding carboxylic acids is 2. The fourth-order valence-electron chi connectivity index (χ4n) is 2.13. The van der Waals surface area contributed by atoms with Gasteiger partial charge in [0.2, 0.25) is 0 Å². The molecule has 0 aliphatic carbocycles. The van der Waals surface area contributed by atoms with Crippen LogP contribution in [0, 0.1) is 0 Å². The lowest BCUT2D eigenvalue weighted by molar-refractivity contribution is -0.117. The quantitative estimate of drug-likeness (QED) is 0.756. The van der Waals surface area contributed by atoms with Crippen molar-refractivity contribution in [3.05, 3.63) is 47.7 Å². The van der Waals surface area contributed by atoms with E-state index in [1.807, 2.05) is 37.2 Å². The molecule has 0 N–H and O–H groups in total. The summed E-state index contributed by atoms with van der Waals surface area (Å²) in [6, 6.07) is 9.17. The van der Waals surface area contributed by atoms with Crippen molar-refractivity contribution in [2.24, 2.45) is 0 Å². The van der Waals surface area contributed by atoms with Crippen molar-refractivity contribution in [2.45, 2.75) is 6.42 Å². The van der Waals surface area contributed by atoms with E-state index in [-0.39, 0.29) is 11.7 Å². The Balaban J connectivity index is 2.14. The van der Waals surface area contributed by atoms with Gasteiger partial charge >= 0.3 is 0 Å². The van der Waals surface area contributed by atoms with Crippen molar-refractivity contribution in [3.63, 3.8) is 0 Å². The smallest absolute Gasteiger partial charge is 0.254 e. The molecule has 100 valence electrons. The molecule has 4 nitrogen and oxygen atoms in total. The molecule has 4 heteroatoms. The predicted molar refractivity (Wildman–Crippen MR) is 73.7 cm³/mol. The van der Waals surface area contributed by atoms with E-state index in [0.29, 0.717) is 30.6 Å². The Hall–Kier alpha value is -2.10. The molecule has 1 fully saturated rings. The van der Waals surface area contributed by atoms with Crippen LogP contribution in [0.2, 0.25) is 0 Å². The number of ketones is 1. The Morgan fingerprint density at radius 2 is 1.95 bits per heavy atom. The summed E-state index contributed by atoms with van der Waals surface area (Å²) in [7, 11) is 3.75. The third-order valence-electron chi connectivity index (χ3n) is 3.05. The molecule has 1 aliphatic heterocycles. The Bertz CT molecular complexity index is 506. The largest absolute Gasteiger partial charge is 0.383 e. The van der Waals surface area contributed by atoms with Crippen LogP contribution in [0.15, 0.2) is 42.1 Å². The standard InChI is InChI=1S/C15H18N2O2/c1-16(2)10-13-11-17(9-8-14(13)18)15(19)12-6-4-3-5-7-12/h3-7,10H,8-9,11H2,1-2H3. The minimum atomic E-state index is -0.0160. The number of rotatable bonds is 2. The Kier molecular flexibility index (Phi) is 4.00. The van der Waals surface area contributed by atoms with Crippen LogP contribution in [0.25, 0.3) is 0 Å². The van der Waals surface area contributed by atoms with Gasteiger partial charge < -0.3 is 9.80 Å². The second-order valence-electron chi connectivity index (χ2n) is 4.88. The molecule has 0 aromatic heterocycles. The van der Waals surface area contributed by atoms with Gasteiger partial charge in [-0.15, -0.1) is 0 Å². The molecule has 0 saturated carbocycles. The first-order valence-corrected chi connectivity index (χ1v) is 6.32. The summed E-state index contributed by atoms with van der Waals surface area (Å²) in [4.78, 5) is 27.7. The van der Waals surface area contributed by atoms with Gasteiger partial charge in [0.15, 0.2) is 5.78 Å². The van der Waals surface area contributed by atoms with Gasteiger partial charge in [-0.25, -0.2) is 0 Å². The lowest BCUT2D eigenvalue weighted by Gasteiger charge is -2.28. The lowest BCUT2D eigenvalue weighted by atomic mass is 10.0. The molecule has 0 spiro atoms. The van der Waals surface area contributed by atoms with Gasteiger partial charge in [0.1, 0.15) is 0 Å². The number of carbonyl (C=O) groups is 2. The first-order valence-electron chi connectivity index (χ1n) is 6.32. The van der Waals surface area contributed by atoms with Gasteiger partial charge in [0.25, 0.3) is 5.91 Å². The van der Waals surface area contributed by atoms with Crippen LogP contribution in [0.5, 0.6) is 0 Å². The van der Waals surface area contributed by atoms with E-state index in [9.17, 15) is 9.59 Å². The average molecular weight is 258 g/mol. The van der Waals surface area contributed by atoms with Gasteiger partial charge in [0, 0.05) is 44.4 Å². The molecule has 1 heterocycles. The molecule has 2 rings (SSSR count). The molecule has 1 saturated heterocycles. The first kappa shape index (κ1) is 13.3. The SMILES string of the molecule is CN(C)C=C1CN(C(=O)c2ccccc2)CCC1=O.